The minimum Gasteiger partial charge on any atom is -0.748 e. The van der Waals surface area contributed by atoms with Gasteiger partial charge in [-0.15, -0.1) is 0 Å². The molecule has 0 aliphatic heterocycles. The van der Waals surface area contributed by atoms with Crippen LogP contribution in [-0.4, -0.2) is 50.2 Å². The molecule has 5 N–H and O–H groups in total. The van der Waals surface area contributed by atoms with E-state index in [0.29, 0.717) is 6.26 Å². The van der Waals surface area contributed by atoms with E-state index in [2.05, 4.69) is 9.47 Å². The van der Waals surface area contributed by atoms with Crippen molar-refractivity contribution < 1.29 is 65.0 Å². The number of esters is 2. The fourth-order valence-corrected chi connectivity index (χ4v) is 1.12. The van der Waals surface area contributed by atoms with Crippen molar-refractivity contribution in [1.82, 2.24) is 5.31 Å². The second kappa shape index (κ2) is 13.5. The van der Waals surface area contributed by atoms with Crippen molar-refractivity contribution in [3.63, 3.8) is 0 Å². The lowest BCUT2D eigenvalue weighted by atomic mass is 10.2. The Morgan fingerprint density at radius 1 is 1.39 bits per heavy atom. The van der Waals surface area contributed by atoms with Gasteiger partial charge in [0.05, 0.1) is 34.2 Å². The summed E-state index contributed by atoms with van der Waals surface area (Å²) in [6.07, 6.45) is -16.5. The molecule has 0 heterocycles. The molecule has 158 valence electrons. The van der Waals surface area contributed by atoms with Crippen LogP contribution in [0.2, 0.25) is 7.06 Å². The van der Waals surface area contributed by atoms with Crippen molar-refractivity contribution in [2.75, 3.05) is 19.3 Å². The van der Waals surface area contributed by atoms with E-state index < -0.39 is 101 Å². The summed E-state index contributed by atoms with van der Waals surface area (Å²) in [6.45, 7) is -10.8. The topological polar surface area (TPSA) is 173 Å². The van der Waals surface area contributed by atoms with Gasteiger partial charge in [-0.05, 0) is 50.2 Å². The summed E-state index contributed by atoms with van der Waals surface area (Å²) in [4.78, 5) is 24.7. The third kappa shape index (κ3) is 15.6. The third-order valence-electron chi connectivity index (χ3n) is 1.95. The molecular formula is C17H27N3O7S. The van der Waals surface area contributed by atoms with Crippen LogP contribution >= 0.6 is 0 Å². The Labute approximate surface area is 193 Å². The van der Waals surface area contributed by atoms with Gasteiger partial charge in [0.15, 0.2) is 0 Å². The number of guanidine groups is 1. The van der Waals surface area contributed by atoms with E-state index in [1.807, 2.05) is 0 Å². The van der Waals surface area contributed by atoms with Crippen molar-refractivity contribution in [1.29, 1.82) is 0 Å². The molecule has 11 heteroatoms. The minimum atomic E-state index is -4.38. The first-order valence-corrected chi connectivity index (χ1v) is 8.42. The number of ether oxygens (including phenoxy) is 2. The molecule has 10 nitrogen and oxygen atoms in total. The smallest absolute Gasteiger partial charge is 0.338 e. The lowest BCUT2D eigenvalue weighted by Gasteiger charge is -2.06. The minimum absolute atomic E-state index is 0.466. The lowest BCUT2D eigenvalue weighted by molar-refractivity contribution is -0.134. The molecule has 0 spiro atoms. The van der Waals surface area contributed by atoms with E-state index in [1.165, 1.54) is 0 Å². The molecular weight excluding hydrogens is 390 g/mol. The number of rotatable bonds is 9. The third-order valence-corrected chi connectivity index (χ3v) is 1.95. The van der Waals surface area contributed by atoms with E-state index in [1.54, 1.807) is 0 Å². The molecule has 1 rings (SSSR count). The van der Waals surface area contributed by atoms with Crippen LogP contribution in [0.1, 0.15) is 63.3 Å². The molecule has 0 radical (unpaired) electrons. The predicted molar refractivity (Wildman–Crippen MR) is 101 cm³/mol. The van der Waals surface area contributed by atoms with E-state index in [-0.39, 0.29) is 0 Å². The van der Waals surface area contributed by atoms with E-state index >= 15 is 0 Å². The fraction of sp³-hybridized carbons (Fsp3) is 0.471. The van der Waals surface area contributed by atoms with E-state index in [9.17, 15) is 9.59 Å². The van der Waals surface area contributed by atoms with Gasteiger partial charge in [0, 0.05) is 27.7 Å². The summed E-state index contributed by atoms with van der Waals surface area (Å²) in [5, 5.41) is -1.46. The second-order valence-electron chi connectivity index (χ2n) is 4.13. The molecule has 0 unspecified atom stereocenters. The molecule has 0 aliphatic carbocycles. The van der Waals surface area contributed by atoms with Gasteiger partial charge < -0.3 is 14.0 Å². The summed E-state index contributed by atoms with van der Waals surface area (Å²) >= 11 is 0. The fourth-order valence-electron chi connectivity index (χ4n) is 1.12. The zero-order chi connectivity index (χ0) is 38.9. The van der Waals surface area contributed by atoms with Crippen LogP contribution in [0.25, 0.3) is 0 Å². The highest BCUT2D eigenvalue weighted by atomic mass is 32.2. The van der Waals surface area contributed by atoms with Gasteiger partial charge >= 0.3 is 17.9 Å². The first kappa shape index (κ1) is 7.64. The summed E-state index contributed by atoms with van der Waals surface area (Å²) in [6, 6.07) is 3.21. The average molecular weight is 438 g/mol. The Morgan fingerprint density at radius 3 is 2.64 bits per heavy atom. The average Bonchev–Trinajstić information content (AvgIpc) is 2.86. The van der Waals surface area contributed by atoms with Gasteiger partial charge in [0.25, 0.3) is 7.06 Å². The highest BCUT2D eigenvalue weighted by Crippen LogP contribution is 2.14. The van der Waals surface area contributed by atoms with Crippen molar-refractivity contribution in [2.24, 2.45) is 5.72 Å². The maximum atomic E-state index is 12.7. The van der Waals surface area contributed by atoms with Crippen molar-refractivity contribution in [2.45, 2.75) is 32.3 Å². The van der Waals surface area contributed by atoms with Gasteiger partial charge in [-0.25, -0.2) is 13.2 Å². The van der Waals surface area contributed by atoms with Crippen LogP contribution in [0.15, 0.2) is 24.3 Å². The summed E-state index contributed by atoms with van der Waals surface area (Å²) < 4.78 is 188. The van der Waals surface area contributed by atoms with E-state index in [0.717, 1.165) is 24.3 Å². The summed E-state index contributed by atoms with van der Waals surface area (Å²) in [5.41, 5.74) is -1.14. The van der Waals surface area contributed by atoms with Gasteiger partial charge in [-0.3, -0.25) is 21.2 Å². The van der Waals surface area contributed by atoms with Crippen LogP contribution in [0.3, 0.4) is 0 Å². The first-order chi connectivity index (χ1) is 20.9. The maximum absolute atomic E-state index is 12.7. The van der Waals surface area contributed by atoms with Crippen LogP contribution in [0.4, 0.5) is 0 Å². The van der Waals surface area contributed by atoms with Gasteiger partial charge in [-0.2, -0.15) is 0 Å². The van der Waals surface area contributed by atoms with Crippen LogP contribution in [0, 0.1) is 0 Å². The van der Waals surface area contributed by atoms with Crippen LogP contribution in [0.5, 0.6) is 5.75 Å². The number of carbonyl (C=O) groups excluding carboxylic acids is 2. The zero-order valence-electron chi connectivity index (χ0n) is 33.9. The molecule has 0 saturated carbocycles. The normalized spacial score (nSPS) is 23.9. The number of benzene rings is 1. The standard InChI is InChI=1S/C16H23N3O4.CH4O3S/c1-2-22-15(21)12-7-9-13(10-8-12)23-14(20)6-4-3-5-11-19-16(17)18;1-5(2,3)4/h7-10H,2-6,11H2,1H3,(H4,17,18,19);1H3,(H,2,3,4)/i1D3,2D2,3D2,4D2,5D2,6D2,11D2;/hD5. The van der Waals surface area contributed by atoms with Gasteiger partial charge in [-0.1, -0.05) is 0 Å². The number of nitrogens with two attached hydrogens (primary N) is 2. The Balaban J connectivity index is 0.00000409. The monoisotopic (exact) mass is 437 g/mol. The Hall–Kier alpha value is -2.66. The Kier molecular flexibility index (Phi) is 3.68. The maximum Gasteiger partial charge on any atom is 0.338 e. The molecule has 0 saturated heterocycles. The number of carbonyl (C=O) groups is 2. The SMILES string of the molecule is CS(=O)(=O)[O-].[2H]N([2H])C(N([2H])C([2H])([2H])C([2H])([2H])C([2H])([2H])C([2H])([2H])C([2H])([2H])C(=O)Oc1ccc(C(=O)OC([2H])([2H])C([2H])([2H])[2H])cc1)=[N+]([2H])[2H]. The highest BCUT2D eigenvalue weighted by molar-refractivity contribution is 7.84. The highest BCUT2D eigenvalue weighted by Gasteiger charge is 2.08. The van der Waals surface area contributed by atoms with Gasteiger partial charge in [0.2, 0.25) is 0 Å². The van der Waals surface area contributed by atoms with Crippen molar-refractivity contribution in [3.05, 3.63) is 29.8 Å². The number of hydrogen-bond acceptors (Lipinski definition) is 7. The quantitative estimate of drug-likeness (QED) is 0.146. The lowest BCUT2D eigenvalue weighted by Crippen LogP contribution is -2.54. The molecule has 28 heavy (non-hydrogen) atoms. The van der Waals surface area contributed by atoms with Crippen LogP contribution < -0.4 is 21.2 Å². The predicted octanol–water partition coefficient (Wildman–Crippen LogP) is -0.846. The van der Waals surface area contributed by atoms with Gasteiger partial charge in [0.1, 0.15) is 5.75 Å². The van der Waals surface area contributed by atoms with Crippen molar-refractivity contribution in [3.8, 4) is 5.75 Å². The van der Waals surface area contributed by atoms with Crippen molar-refractivity contribution >= 4 is 28.0 Å². The summed E-state index contributed by atoms with van der Waals surface area (Å²) in [5.74, 6) is -5.88. The van der Waals surface area contributed by atoms with E-state index in [4.69, 9.17) is 40.6 Å². The molecule has 0 fully saturated rings. The second-order valence-corrected chi connectivity index (χ2v) is 5.54. The zero-order valence-corrected chi connectivity index (χ0v) is 14.7. The molecule has 0 bridgehead atoms. The number of nitrogens with one attached hydrogen (secondary N) is 1. The van der Waals surface area contributed by atoms with Crippen LogP contribution in [-0.2, 0) is 19.6 Å². The molecule has 0 amide bonds. The molecule has 0 aromatic heterocycles. The largest absolute Gasteiger partial charge is 0.748 e. The summed E-state index contributed by atoms with van der Waals surface area (Å²) in [7, 11) is -3.92. The Bertz CT molecular complexity index is 1450. The molecule has 0 atom stereocenters. The Morgan fingerprint density at radius 2 is 2.07 bits per heavy atom. The molecule has 1 aromatic rings. The first-order valence-electron chi connectivity index (χ1n) is 16.3. The molecule has 1 aromatic carbocycles. The molecule has 0 aliphatic rings. The number of hydrogen-bond donors (Lipinski definition) is 3.